The van der Waals surface area contributed by atoms with E-state index in [1.807, 2.05) is 0 Å². The molecule has 3 saturated heterocycles. The van der Waals surface area contributed by atoms with Crippen LogP contribution in [-0.4, -0.2) is 34.3 Å². The molecule has 0 radical (unpaired) electrons. The minimum atomic E-state index is 0.314. The van der Waals surface area contributed by atoms with Crippen LogP contribution in [0.3, 0.4) is 0 Å². The lowest BCUT2D eigenvalue weighted by molar-refractivity contribution is 0.134. The van der Waals surface area contributed by atoms with Crippen LogP contribution in [0, 0.1) is 5.92 Å². The zero-order valence-electron chi connectivity index (χ0n) is 12.3. The predicted molar refractivity (Wildman–Crippen MR) is 84.3 cm³/mol. The van der Waals surface area contributed by atoms with Crippen LogP contribution in [0.25, 0.3) is 10.9 Å². The van der Waals surface area contributed by atoms with Gasteiger partial charge in [0.15, 0.2) is 0 Å². The number of aryl methyl sites for hydroxylation is 1. The Kier molecular flexibility index (Phi) is 2.31. The van der Waals surface area contributed by atoms with Crippen molar-refractivity contribution in [1.82, 2.24) is 14.9 Å². The van der Waals surface area contributed by atoms with Crippen molar-refractivity contribution in [3.63, 3.8) is 0 Å². The highest BCUT2D eigenvalue weighted by molar-refractivity contribution is 5.96. The van der Waals surface area contributed by atoms with Crippen molar-refractivity contribution in [2.24, 2.45) is 18.1 Å². The third-order valence-corrected chi connectivity index (χ3v) is 5.56. The van der Waals surface area contributed by atoms with E-state index in [2.05, 4.69) is 52.4 Å². The van der Waals surface area contributed by atoms with Gasteiger partial charge in [-0.25, -0.2) is 0 Å². The van der Waals surface area contributed by atoms with Crippen LogP contribution in [0.4, 0.5) is 0 Å². The molecule has 4 aliphatic heterocycles. The summed E-state index contributed by atoms with van der Waals surface area (Å²) in [7, 11) is 2.13. The van der Waals surface area contributed by atoms with Crippen LogP contribution in [0.1, 0.15) is 24.4 Å². The van der Waals surface area contributed by atoms with Gasteiger partial charge in [-0.05, 0) is 32.0 Å². The average molecular weight is 280 g/mol. The number of para-hydroxylation sites is 1. The second-order valence-electron chi connectivity index (χ2n) is 6.61. The summed E-state index contributed by atoms with van der Waals surface area (Å²) in [5.41, 5.74) is 7.56. The second-order valence-corrected chi connectivity index (χ2v) is 6.61. The van der Waals surface area contributed by atoms with Crippen LogP contribution in [0.5, 0.6) is 0 Å². The number of nitrogens with one attached hydrogen (secondary N) is 1. The van der Waals surface area contributed by atoms with E-state index in [1.54, 1.807) is 0 Å². The average Bonchev–Trinajstić information content (AvgIpc) is 3.12. The van der Waals surface area contributed by atoms with Gasteiger partial charge < -0.3 is 9.99 Å². The van der Waals surface area contributed by atoms with E-state index in [4.69, 9.17) is 5.10 Å². The Balaban J connectivity index is 1.62. The van der Waals surface area contributed by atoms with Gasteiger partial charge in [0.2, 0.25) is 0 Å². The molecule has 0 aliphatic carbocycles. The largest absolute Gasteiger partial charge is 0.350 e. The van der Waals surface area contributed by atoms with Crippen LogP contribution in [0.2, 0.25) is 0 Å². The number of aromatic nitrogens is 1. The van der Waals surface area contributed by atoms with Gasteiger partial charge in [0.25, 0.3) is 0 Å². The lowest BCUT2D eigenvalue weighted by atomic mass is 9.78. The minimum Gasteiger partial charge on any atom is -0.350 e. The molecule has 4 heteroatoms. The van der Waals surface area contributed by atoms with E-state index in [0.29, 0.717) is 18.0 Å². The summed E-state index contributed by atoms with van der Waals surface area (Å²) in [6.07, 6.45) is 4.86. The lowest BCUT2D eigenvalue weighted by Crippen LogP contribution is -2.56. The Bertz CT molecular complexity index is 736. The molecule has 0 amide bonds. The van der Waals surface area contributed by atoms with E-state index in [9.17, 15) is 0 Å². The van der Waals surface area contributed by atoms with E-state index < -0.39 is 0 Å². The molecule has 21 heavy (non-hydrogen) atoms. The van der Waals surface area contributed by atoms with Gasteiger partial charge in [-0.2, -0.15) is 5.10 Å². The van der Waals surface area contributed by atoms with E-state index in [1.165, 1.54) is 48.1 Å². The molecule has 1 N–H and O–H groups in total. The van der Waals surface area contributed by atoms with Crippen LogP contribution < -0.4 is 5.43 Å². The Morgan fingerprint density at radius 3 is 2.86 bits per heavy atom. The first-order valence-electron chi connectivity index (χ1n) is 7.94. The molecule has 2 unspecified atom stereocenters. The number of piperidine rings is 3. The molecule has 0 spiro atoms. The smallest absolute Gasteiger partial charge is 0.0919 e. The standard InChI is InChI=1S/C17H20N4/c1-20-10-13(12-4-2-3-5-14(12)20)16-17-15(18-19-16)11-6-8-21(17)9-7-11/h2-5,10-11,16-17,19H,6-9H2,1H3. The van der Waals surface area contributed by atoms with Crippen molar-refractivity contribution < 1.29 is 0 Å². The monoisotopic (exact) mass is 280 g/mol. The third kappa shape index (κ3) is 1.51. The lowest BCUT2D eigenvalue weighted by Gasteiger charge is -2.45. The first-order chi connectivity index (χ1) is 10.3. The molecule has 0 saturated carbocycles. The van der Waals surface area contributed by atoms with Crippen LogP contribution >= 0.6 is 0 Å². The van der Waals surface area contributed by atoms with Gasteiger partial charge in [0.1, 0.15) is 0 Å². The van der Waals surface area contributed by atoms with E-state index in [-0.39, 0.29) is 0 Å². The molecule has 2 bridgehead atoms. The number of rotatable bonds is 1. The van der Waals surface area contributed by atoms with Gasteiger partial charge >= 0.3 is 0 Å². The fourth-order valence-electron chi connectivity index (χ4n) is 4.52. The quantitative estimate of drug-likeness (QED) is 0.869. The molecule has 1 aromatic heterocycles. The summed E-state index contributed by atoms with van der Waals surface area (Å²) in [6.45, 7) is 2.47. The second kappa shape index (κ2) is 4.10. The van der Waals surface area contributed by atoms with Gasteiger partial charge in [0, 0.05) is 35.6 Å². The maximum absolute atomic E-state index is 4.73. The van der Waals surface area contributed by atoms with Gasteiger partial charge in [-0.3, -0.25) is 4.90 Å². The van der Waals surface area contributed by atoms with Crippen molar-refractivity contribution in [3.8, 4) is 0 Å². The Labute approximate surface area is 124 Å². The Morgan fingerprint density at radius 1 is 1.19 bits per heavy atom. The molecule has 1 aromatic carbocycles. The first-order valence-corrected chi connectivity index (χ1v) is 7.94. The maximum Gasteiger partial charge on any atom is 0.0919 e. The fourth-order valence-corrected chi connectivity index (χ4v) is 4.52. The molecule has 2 aromatic rings. The zero-order valence-corrected chi connectivity index (χ0v) is 12.3. The number of benzene rings is 1. The van der Waals surface area contributed by atoms with Crippen molar-refractivity contribution >= 4 is 16.6 Å². The number of hydrazone groups is 1. The summed E-state index contributed by atoms with van der Waals surface area (Å²) in [5, 5.41) is 6.09. The third-order valence-electron chi connectivity index (χ3n) is 5.56. The zero-order chi connectivity index (χ0) is 14.0. The van der Waals surface area contributed by atoms with Crippen molar-refractivity contribution in [3.05, 3.63) is 36.0 Å². The van der Waals surface area contributed by atoms with Crippen LogP contribution in [0.15, 0.2) is 35.6 Å². The normalized spacial score (nSPS) is 33.9. The molecule has 2 atom stereocenters. The summed E-state index contributed by atoms with van der Waals surface area (Å²) in [6, 6.07) is 9.47. The maximum atomic E-state index is 4.73. The molecule has 4 nitrogen and oxygen atoms in total. The fraction of sp³-hybridized carbons (Fsp3) is 0.471. The van der Waals surface area contributed by atoms with E-state index in [0.717, 1.165) is 0 Å². The minimum absolute atomic E-state index is 0.314. The van der Waals surface area contributed by atoms with Crippen molar-refractivity contribution in [2.45, 2.75) is 24.9 Å². The molecule has 5 heterocycles. The number of hydrogen-bond donors (Lipinski definition) is 1. The number of nitrogens with zero attached hydrogens (tertiary/aromatic N) is 3. The summed E-state index contributed by atoms with van der Waals surface area (Å²) >= 11 is 0. The van der Waals surface area contributed by atoms with Crippen molar-refractivity contribution in [1.29, 1.82) is 0 Å². The SMILES string of the molecule is Cn1cc(C2NN=C3C4CCN(CC4)C32)c2ccccc21. The topological polar surface area (TPSA) is 32.6 Å². The van der Waals surface area contributed by atoms with Gasteiger partial charge in [-0.15, -0.1) is 0 Å². The van der Waals surface area contributed by atoms with Gasteiger partial charge in [-0.1, -0.05) is 18.2 Å². The predicted octanol–water partition coefficient (Wildman–Crippen LogP) is 2.27. The van der Waals surface area contributed by atoms with E-state index >= 15 is 0 Å². The number of fused-ring (bicyclic) bond motifs is 3. The Morgan fingerprint density at radius 2 is 2.00 bits per heavy atom. The summed E-state index contributed by atoms with van der Waals surface area (Å²) < 4.78 is 2.24. The highest BCUT2D eigenvalue weighted by atomic mass is 15.4. The van der Waals surface area contributed by atoms with Crippen LogP contribution in [-0.2, 0) is 7.05 Å². The first kappa shape index (κ1) is 11.8. The molecule has 3 fully saturated rings. The highest BCUT2D eigenvalue weighted by Gasteiger charge is 2.47. The summed E-state index contributed by atoms with van der Waals surface area (Å²) in [4.78, 5) is 2.63. The molecule has 4 aliphatic rings. The Hall–Kier alpha value is -1.81. The summed E-state index contributed by atoms with van der Waals surface area (Å²) in [5.74, 6) is 0.715. The molecular formula is C17H20N4. The van der Waals surface area contributed by atoms with Crippen molar-refractivity contribution in [2.75, 3.05) is 13.1 Å². The molecule has 108 valence electrons. The van der Waals surface area contributed by atoms with Gasteiger partial charge in [0.05, 0.1) is 17.8 Å². The highest BCUT2D eigenvalue weighted by Crippen LogP contribution is 2.40. The number of hydrogen-bond acceptors (Lipinski definition) is 3. The molecule has 6 rings (SSSR count). The molecular weight excluding hydrogens is 260 g/mol.